The Balaban J connectivity index is 2.44. The van der Waals surface area contributed by atoms with Gasteiger partial charge in [0.05, 0.1) is 32.5 Å². The largest absolute Gasteiger partial charge is 0.494 e. The summed E-state index contributed by atoms with van der Waals surface area (Å²) in [7, 11) is 2.83. The normalized spacial score (nSPS) is 11.7. The molecule has 0 heterocycles. The van der Waals surface area contributed by atoms with Crippen LogP contribution in [0.4, 0.5) is 11.4 Å². The van der Waals surface area contributed by atoms with E-state index in [9.17, 15) is 9.59 Å². The minimum atomic E-state index is -1.53. The lowest BCUT2D eigenvalue weighted by Crippen LogP contribution is -2.36. The molecule has 0 aliphatic heterocycles. The van der Waals surface area contributed by atoms with Crippen molar-refractivity contribution < 1.29 is 28.5 Å². The number of anilines is 1. The van der Waals surface area contributed by atoms with Crippen LogP contribution < -0.4 is 23.4 Å². The summed E-state index contributed by atoms with van der Waals surface area (Å²) in [6.07, 6.45) is 0. The molecule has 1 unspecified atom stereocenters. The highest BCUT2D eigenvalue weighted by molar-refractivity contribution is 6.40. The zero-order valence-corrected chi connectivity index (χ0v) is 20.4. The first-order chi connectivity index (χ1) is 15.8. The number of halogens is 2. The number of benzene rings is 2. The van der Waals surface area contributed by atoms with E-state index in [1.54, 1.807) is 31.2 Å². The molecular formula is C22H25Cl2N3O6. The number of ketones is 1. The number of nitrogens with zero attached hydrogens (tertiary/aromatic N) is 3. The van der Waals surface area contributed by atoms with Gasteiger partial charge in [0.25, 0.3) is 5.91 Å². The molecule has 0 radical (unpaired) electrons. The molecule has 9 nitrogen and oxygen atoms in total. The van der Waals surface area contributed by atoms with E-state index in [1.807, 2.05) is 6.92 Å². The molecule has 178 valence electrons. The monoisotopic (exact) mass is 497 g/mol. The van der Waals surface area contributed by atoms with E-state index in [4.69, 9.17) is 42.3 Å². The number of methoxy groups -OCH3 is 2. The summed E-state index contributed by atoms with van der Waals surface area (Å²) >= 11 is 12.6. The third kappa shape index (κ3) is 6.27. The lowest BCUT2D eigenvalue weighted by molar-refractivity contribution is -0.126. The number of ether oxygens (including phenoxy) is 4. The molecule has 1 amide bonds. The lowest BCUT2D eigenvalue weighted by Gasteiger charge is -2.21. The molecule has 2 aromatic rings. The van der Waals surface area contributed by atoms with Crippen molar-refractivity contribution in [1.29, 1.82) is 0 Å². The lowest BCUT2D eigenvalue weighted by atomic mass is 10.2. The second-order valence-electron chi connectivity index (χ2n) is 6.48. The van der Waals surface area contributed by atoms with Crippen LogP contribution in [0.2, 0.25) is 5.02 Å². The van der Waals surface area contributed by atoms with Gasteiger partial charge in [-0.05, 0) is 39.0 Å². The van der Waals surface area contributed by atoms with Crippen LogP contribution in [0.15, 0.2) is 40.6 Å². The number of amides is 1. The molecule has 0 saturated heterocycles. The summed E-state index contributed by atoms with van der Waals surface area (Å²) in [5, 5.41) is 8.29. The fourth-order valence-electron chi connectivity index (χ4n) is 2.81. The van der Waals surface area contributed by atoms with Gasteiger partial charge in [-0.25, -0.2) is 4.42 Å². The van der Waals surface area contributed by atoms with Crippen molar-refractivity contribution in [1.82, 2.24) is 0 Å². The van der Waals surface area contributed by atoms with Crippen LogP contribution in [-0.4, -0.2) is 45.2 Å². The Bertz CT molecular complexity index is 1010. The topological polar surface area (TPSA) is 99.0 Å². The average Bonchev–Trinajstić information content (AvgIpc) is 2.80. The summed E-state index contributed by atoms with van der Waals surface area (Å²) in [6.45, 7) is 5.57. The van der Waals surface area contributed by atoms with E-state index in [0.717, 1.165) is 4.42 Å². The van der Waals surface area contributed by atoms with E-state index in [0.29, 0.717) is 24.7 Å². The highest BCUT2D eigenvalue weighted by atomic mass is 35.5. The minimum absolute atomic E-state index is 0.134. The van der Waals surface area contributed by atoms with Crippen molar-refractivity contribution in [2.24, 2.45) is 10.2 Å². The van der Waals surface area contributed by atoms with Crippen LogP contribution in [0.3, 0.4) is 0 Å². The minimum Gasteiger partial charge on any atom is -0.494 e. The molecule has 0 spiro atoms. The van der Waals surface area contributed by atoms with Gasteiger partial charge >= 0.3 is 0 Å². The maximum Gasteiger partial charge on any atom is 0.276 e. The number of azo groups is 1. The Labute approximate surface area is 202 Å². The maximum absolute atomic E-state index is 13.1. The molecule has 0 aliphatic carbocycles. The number of rotatable bonds is 11. The highest BCUT2D eigenvalue weighted by Gasteiger charge is 2.32. The van der Waals surface area contributed by atoms with Crippen molar-refractivity contribution >= 4 is 46.4 Å². The van der Waals surface area contributed by atoms with Gasteiger partial charge < -0.3 is 18.9 Å². The molecule has 2 aromatic carbocycles. The number of hydrogen-bond donors (Lipinski definition) is 0. The quantitative estimate of drug-likeness (QED) is 0.234. The average molecular weight is 498 g/mol. The Morgan fingerprint density at radius 3 is 2.09 bits per heavy atom. The number of para-hydroxylation sites is 1. The SMILES string of the molecule is CCOc1cc(OCC)c(N=NC(C(C)=O)C(=O)N(Cl)c2c(OC)cccc2OC)cc1Cl. The number of hydrogen-bond acceptors (Lipinski definition) is 8. The molecule has 0 aromatic heterocycles. The summed E-state index contributed by atoms with van der Waals surface area (Å²) in [4.78, 5) is 25.4. The Kier molecular flexibility index (Phi) is 9.74. The van der Waals surface area contributed by atoms with Crippen molar-refractivity contribution in [3.05, 3.63) is 35.4 Å². The van der Waals surface area contributed by atoms with Gasteiger partial charge in [0.1, 0.15) is 28.6 Å². The number of Topliss-reactive ketones (excluding diaryl/α,β-unsaturated/α-hetero) is 1. The van der Waals surface area contributed by atoms with Gasteiger partial charge in [-0.3, -0.25) is 9.59 Å². The van der Waals surface area contributed by atoms with Crippen molar-refractivity contribution in [3.63, 3.8) is 0 Å². The van der Waals surface area contributed by atoms with E-state index in [2.05, 4.69) is 10.2 Å². The first-order valence-corrected chi connectivity index (χ1v) is 10.7. The molecular weight excluding hydrogens is 473 g/mol. The summed E-state index contributed by atoms with van der Waals surface area (Å²) in [5.41, 5.74) is 0.357. The van der Waals surface area contributed by atoms with E-state index >= 15 is 0 Å². The fraction of sp³-hybridized carbons (Fsp3) is 0.364. The van der Waals surface area contributed by atoms with Crippen molar-refractivity contribution in [2.45, 2.75) is 26.8 Å². The van der Waals surface area contributed by atoms with Gasteiger partial charge in [-0.1, -0.05) is 17.7 Å². The molecule has 0 aliphatic rings. The fourth-order valence-corrected chi connectivity index (χ4v) is 3.28. The summed E-state index contributed by atoms with van der Waals surface area (Å²) in [6, 6.07) is 6.38. The maximum atomic E-state index is 13.1. The van der Waals surface area contributed by atoms with Gasteiger partial charge in [0.15, 0.2) is 11.5 Å². The molecule has 11 heteroatoms. The van der Waals surface area contributed by atoms with Gasteiger partial charge in [0, 0.05) is 17.8 Å². The first kappa shape index (κ1) is 26.2. The predicted molar refractivity (Wildman–Crippen MR) is 126 cm³/mol. The van der Waals surface area contributed by atoms with E-state index in [1.165, 1.54) is 27.2 Å². The van der Waals surface area contributed by atoms with Gasteiger partial charge in [-0.15, -0.1) is 0 Å². The summed E-state index contributed by atoms with van der Waals surface area (Å²) < 4.78 is 22.3. The predicted octanol–water partition coefficient (Wildman–Crippen LogP) is 5.38. The molecule has 2 rings (SSSR count). The molecule has 33 heavy (non-hydrogen) atoms. The molecule has 0 N–H and O–H groups in total. The zero-order valence-electron chi connectivity index (χ0n) is 18.9. The van der Waals surface area contributed by atoms with Crippen molar-refractivity contribution in [2.75, 3.05) is 31.9 Å². The van der Waals surface area contributed by atoms with Crippen molar-refractivity contribution in [3.8, 4) is 23.0 Å². The van der Waals surface area contributed by atoms with Crippen LogP contribution >= 0.6 is 23.4 Å². The third-order valence-electron chi connectivity index (χ3n) is 4.30. The third-order valence-corrected chi connectivity index (χ3v) is 4.94. The van der Waals surface area contributed by atoms with Gasteiger partial charge in [-0.2, -0.15) is 10.2 Å². The zero-order chi connectivity index (χ0) is 24.5. The second kappa shape index (κ2) is 12.3. The highest BCUT2D eigenvalue weighted by Crippen LogP contribution is 2.40. The van der Waals surface area contributed by atoms with Gasteiger partial charge in [0.2, 0.25) is 6.04 Å². The second-order valence-corrected chi connectivity index (χ2v) is 7.22. The first-order valence-electron chi connectivity index (χ1n) is 10.00. The van der Waals surface area contributed by atoms with Crippen LogP contribution in [0, 0.1) is 0 Å². The number of carbonyl (C=O) groups excluding carboxylic acids is 2. The van der Waals surface area contributed by atoms with E-state index < -0.39 is 17.7 Å². The molecule has 0 bridgehead atoms. The van der Waals surface area contributed by atoms with Crippen LogP contribution in [0.5, 0.6) is 23.0 Å². The molecule has 0 saturated carbocycles. The summed E-state index contributed by atoms with van der Waals surface area (Å²) in [5.74, 6) is -0.124. The van der Waals surface area contributed by atoms with Crippen LogP contribution in [-0.2, 0) is 9.59 Å². The van der Waals surface area contributed by atoms with E-state index in [-0.39, 0.29) is 27.9 Å². The Morgan fingerprint density at radius 2 is 1.58 bits per heavy atom. The van der Waals surface area contributed by atoms with Crippen LogP contribution in [0.25, 0.3) is 0 Å². The Morgan fingerprint density at radius 1 is 1.00 bits per heavy atom. The Hall–Kier alpha value is -3.04. The number of carbonyl (C=O) groups is 2. The standard InChI is InChI=1S/C22H25Cl2N3O6/c1-6-32-18-12-19(33-7-2)15(11-14(18)23)25-26-20(13(3)28)22(29)27(24)21-16(30-4)9-8-10-17(21)31-5/h8-12,20H,6-7H2,1-5H3. The van der Waals surface area contributed by atoms with Crippen LogP contribution in [0.1, 0.15) is 20.8 Å². The molecule has 1 atom stereocenters. The molecule has 0 fully saturated rings. The smallest absolute Gasteiger partial charge is 0.276 e.